The fourth-order valence-corrected chi connectivity index (χ4v) is 8.44. The molecule has 74 heavy (non-hydrogen) atoms. The molecule has 0 aliphatic heterocycles. The van der Waals surface area contributed by atoms with E-state index in [1.165, 1.54) is 103 Å². The SMILES string of the molecule is CC/C=C\C/C=C\C/C=C\C/C=C\C/C=C\C/C=C\C/C=C\C/C=C\C/C=C\CCCCCCCC(=O)OCC(COC(=O)CCCCCCC)OC(=O)CCCCCCCCCCCCCCCCCCCC. The lowest BCUT2D eigenvalue weighted by Gasteiger charge is -2.18. The van der Waals surface area contributed by atoms with E-state index in [-0.39, 0.29) is 31.1 Å². The zero-order valence-corrected chi connectivity index (χ0v) is 48.3. The van der Waals surface area contributed by atoms with Crippen LogP contribution in [-0.4, -0.2) is 37.2 Å². The minimum atomic E-state index is -0.781. The summed E-state index contributed by atoms with van der Waals surface area (Å²) in [6.45, 7) is 6.44. The number of hydrogen-bond acceptors (Lipinski definition) is 6. The van der Waals surface area contributed by atoms with Gasteiger partial charge in [0.25, 0.3) is 0 Å². The number of hydrogen-bond donors (Lipinski definition) is 0. The standard InChI is InChI=1S/C68H114O6/c1-4-7-10-13-15-17-19-21-23-25-27-28-29-30-31-32-33-34-35-36-37-38-39-40-41-43-44-46-48-50-52-55-58-61-67(70)73-64-65(63-72-66(69)60-57-54-12-9-6-3)74-68(71)62-59-56-53-51-49-47-45-42-26-24-22-20-18-16-14-11-8-5-2/h7,10,15,17,21,23,27-28,30-31,33-34,36-37,39-40,43-44,65H,4-6,8-9,11-14,16,18-20,22,24-26,29,32,35,38,41-42,45-64H2,1-3H3/b10-7-,17-15-,23-21-,28-27-,31-30-,34-33-,37-36-,40-39-,44-43-. The van der Waals surface area contributed by atoms with Crippen LogP contribution in [0.3, 0.4) is 0 Å². The zero-order valence-electron chi connectivity index (χ0n) is 48.3. The van der Waals surface area contributed by atoms with Gasteiger partial charge in [0.15, 0.2) is 6.10 Å². The maximum Gasteiger partial charge on any atom is 0.306 e. The lowest BCUT2D eigenvalue weighted by Crippen LogP contribution is -2.30. The summed E-state index contributed by atoms with van der Waals surface area (Å²) in [7, 11) is 0. The molecule has 1 atom stereocenters. The van der Waals surface area contributed by atoms with E-state index in [4.69, 9.17) is 14.2 Å². The summed E-state index contributed by atoms with van der Waals surface area (Å²) in [4.78, 5) is 37.8. The molecule has 0 rings (SSSR count). The fourth-order valence-electron chi connectivity index (χ4n) is 8.44. The van der Waals surface area contributed by atoms with E-state index >= 15 is 0 Å². The van der Waals surface area contributed by atoms with E-state index in [1.54, 1.807) is 0 Å². The summed E-state index contributed by atoms with van der Waals surface area (Å²) in [5.41, 5.74) is 0. The smallest absolute Gasteiger partial charge is 0.306 e. The van der Waals surface area contributed by atoms with Crippen LogP contribution >= 0.6 is 0 Å². The van der Waals surface area contributed by atoms with E-state index in [0.717, 1.165) is 141 Å². The minimum Gasteiger partial charge on any atom is -0.462 e. The van der Waals surface area contributed by atoms with Crippen molar-refractivity contribution < 1.29 is 28.6 Å². The molecule has 0 radical (unpaired) electrons. The maximum atomic E-state index is 12.8. The Morgan fingerprint density at radius 3 is 0.824 bits per heavy atom. The lowest BCUT2D eigenvalue weighted by atomic mass is 10.0. The van der Waals surface area contributed by atoms with Gasteiger partial charge in [-0.05, 0) is 89.9 Å². The first-order valence-corrected chi connectivity index (χ1v) is 30.9. The molecule has 0 aliphatic carbocycles. The maximum absolute atomic E-state index is 12.8. The van der Waals surface area contributed by atoms with E-state index in [0.29, 0.717) is 19.3 Å². The van der Waals surface area contributed by atoms with Gasteiger partial charge in [0.2, 0.25) is 0 Å². The molecule has 0 aromatic carbocycles. The van der Waals surface area contributed by atoms with Crippen molar-refractivity contribution in [2.45, 2.75) is 290 Å². The third-order valence-corrected chi connectivity index (χ3v) is 13.0. The predicted octanol–water partition coefficient (Wildman–Crippen LogP) is 21.0. The molecule has 0 aliphatic rings. The van der Waals surface area contributed by atoms with Gasteiger partial charge in [0.05, 0.1) is 0 Å². The molecule has 1 unspecified atom stereocenters. The highest BCUT2D eigenvalue weighted by Gasteiger charge is 2.19. The van der Waals surface area contributed by atoms with Gasteiger partial charge in [0.1, 0.15) is 13.2 Å². The van der Waals surface area contributed by atoms with Gasteiger partial charge in [-0.3, -0.25) is 14.4 Å². The van der Waals surface area contributed by atoms with Gasteiger partial charge in [-0.15, -0.1) is 0 Å². The third kappa shape index (κ3) is 59.0. The van der Waals surface area contributed by atoms with Crippen LogP contribution in [-0.2, 0) is 28.6 Å². The Hall–Kier alpha value is -3.93. The molecule has 0 aromatic heterocycles. The van der Waals surface area contributed by atoms with Crippen molar-refractivity contribution >= 4 is 17.9 Å². The number of esters is 3. The number of carbonyl (C=O) groups is 3. The quantitative estimate of drug-likeness (QED) is 0.0261. The van der Waals surface area contributed by atoms with Crippen molar-refractivity contribution in [2.24, 2.45) is 0 Å². The van der Waals surface area contributed by atoms with Crippen molar-refractivity contribution in [3.8, 4) is 0 Å². The van der Waals surface area contributed by atoms with Gasteiger partial charge >= 0.3 is 17.9 Å². The third-order valence-electron chi connectivity index (χ3n) is 13.0. The molecule has 422 valence electrons. The number of unbranched alkanes of at least 4 members (excludes halogenated alkanes) is 26. The summed E-state index contributed by atoms with van der Waals surface area (Å²) in [5.74, 6) is -0.911. The number of ether oxygens (including phenoxy) is 3. The van der Waals surface area contributed by atoms with Crippen LogP contribution in [0, 0.1) is 0 Å². The van der Waals surface area contributed by atoms with Crippen molar-refractivity contribution in [3.63, 3.8) is 0 Å². The summed E-state index contributed by atoms with van der Waals surface area (Å²) in [6, 6.07) is 0. The Balaban J connectivity index is 4.11. The highest BCUT2D eigenvalue weighted by molar-refractivity contribution is 5.71. The van der Waals surface area contributed by atoms with Crippen LogP contribution in [0.1, 0.15) is 284 Å². The van der Waals surface area contributed by atoms with Crippen LogP contribution in [0.4, 0.5) is 0 Å². The van der Waals surface area contributed by atoms with Crippen molar-refractivity contribution in [3.05, 3.63) is 109 Å². The Kier molecular flexibility index (Phi) is 58.3. The van der Waals surface area contributed by atoms with Gasteiger partial charge in [-0.2, -0.15) is 0 Å². The second kappa shape index (κ2) is 61.6. The highest BCUT2D eigenvalue weighted by atomic mass is 16.6. The van der Waals surface area contributed by atoms with Crippen molar-refractivity contribution in [1.82, 2.24) is 0 Å². The minimum absolute atomic E-state index is 0.0830. The van der Waals surface area contributed by atoms with E-state index in [1.807, 2.05) is 0 Å². The monoisotopic (exact) mass is 1030 g/mol. The van der Waals surface area contributed by atoms with E-state index in [9.17, 15) is 14.4 Å². The molecule has 0 fully saturated rings. The molecule has 0 spiro atoms. The first-order chi connectivity index (χ1) is 36.5. The first-order valence-electron chi connectivity index (χ1n) is 30.9. The summed E-state index contributed by atoms with van der Waals surface area (Å²) >= 11 is 0. The average Bonchev–Trinajstić information content (AvgIpc) is 3.40. The Morgan fingerprint density at radius 1 is 0.284 bits per heavy atom. The summed E-state index contributed by atoms with van der Waals surface area (Å²) in [6.07, 6.45) is 84.2. The molecule has 0 saturated carbocycles. The van der Waals surface area contributed by atoms with Gasteiger partial charge < -0.3 is 14.2 Å². The van der Waals surface area contributed by atoms with E-state index in [2.05, 4.69) is 130 Å². The van der Waals surface area contributed by atoms with E-state index < -0.39 is 6.10 Å². The molecule has 6 heteroatoms. The topological polar surface area (TPSA) is 78.9 Å². The fraction of sp³-hybridized carbons (Fsp3) is 0.691. The Morgan fingerprint density at radius 2 is 0.527 bits per heavy atom. The van der Waals surface area contributed by atoms with Crippen LogP contribution in [0.25, 0.3) is 0 Å². The van der Waals surface area contributed by atoms with Crippen LogP contribution in [0.15, 0.2) is 109 Å². The molecule has 0 saturated heterocycles. The molecule has 0 aromatic rings. The number of allylic oxidation sites excluding steroid dienone is 18. The molecule has 0 bridgehead atoms. The summed E-state index contributed by atoms with van der Waals surface area (Å²) in [5, 5.41) is 0. The van der Waals surface area contributed by atoms with Gasteiger partial charge in [-0.1, -0.05) is 284 Å². The Bertz CT molecular complexity index is 1510. The average molecular weight is 1030 g/mol. The predicted molar refractivity (Wildman–Crippen MR) is 320 cm³/mol. The molecular formula is C68H114O6. The molecular weight excluding hydrogens is 913 g/mol. The van der Waals surface area contributed by atoms with Gasteiger partial charge in [0, 0.05) is 19.3 Å². The Labute approximate surface area is 457 Å². The molecule has 0 N–H and O–H groups in total. The van der Waals surface area contributed by atoms with Gasteiger partial charge in [-0.25, -0.2) is 0 Å². The zero-order chi connectivity index (χ0) is 53.6. The number of rotatable bonds is 55. The van der Waals surface area contributed by atoms with Crippen LogP contribution in [0.2, 0.25) is 0 Å². The molecule has 0 heterocycles. The van der Waals surface area contributed by atoms with Crippen molar-refractivity contribution in [1.29, 1.82) is 0 Å². The highest BCUT2D eigenvalue weighted by Crippen LogP contribution is 2.16. The largest absolute Gasteiger partial charge is 0.462 e. The second-order valence-corrected chi connectivity index (χ2v) is 20.2. The molecule has 6 nitrogen and oxygen atoms in total. The second-order valence-electron chi connectivity index (χ2n) is 20.2. The first kappa shape index (κ1) is 70.1. The summed E-state index contributed by atoms with van der Waals surface area (Å²) < 4.78 is 16.7. The van der Waals surface area contributed by atoms with Crippen LogP contribution < -0.4 is 0 Å². The lowest BCUT2D eigenvalue weighted by molar-refractivity contribution is -0.167. The number of carbonyl (C=O) groups excluding carboxylic acids is 3. The molecule has 0 amide bonds. The van der Waals surface area contributed by atoms with Crippen molar-refractivity contribution in [2.75, 3.05) is 13.2 Å². The van der Waals surface area contributed by atoms with Crippen LogP contribution in [0.5, 0.6) is 0 Å². The normalized spacial score (nSPS) is 12.9.